The molecule has 2 aromatic carbocycles. The van der Waals surface area contributed by atoms with Gasteiger partial charge in [0.1, 0.15) is 11.4 Å². The Labute approximate surface area is 213 Å². The first-order valence-corrected chi connectivity index (χ1v) is 15.2. The number of nitrogens with one attached hydrogen (secondary N) is 1. The number of piperidine rings is 1. The summed E-state index contributed by atoms with van der Waals surface area (Å²) in [6.45, 7) is 7.76. The molecule has 1 amide bonds. The van der Waals surface area contributed by atoms with Crippen LogP contribution in [0.2, 0.25) is 0 Å². The fourth-order valence-electron chi connectivity index (χ4n) is 5.07. The van der Waals surface area contributed by atoms with Gasteiger partial charge < -0.3 is 9.64 Å². The molecule has 8 heteroatoms. The summed E-state index contributed by atoms with van der Waals surface area (Å²) < 4.78 is 36.5. The number of benzene rings is 2. The number of thioether (sulfide) groups is 1. The molecule has 0 aliphatic carbocycles. The molecule has 35 heavy (non-hydrogen) atoms. The van der Waals surface area contributed by atoms with Gasteiger partial charge >= 0.3 is 0 Å². The molecule has 4 rings (SSSR count). The van der Waals surface area contributed by atoms with Crippen LogP contribution < -0.4 is 9.46 Å². The zero-order valence-corrected chi connectivity index (χ0v) is 22.7. The fraction of sp³-hybridized carbons (Fsp3) is 0.519. The fourth-order valence-corrected chi connectivity index (χ4v) is 6.88. The summed E-state index contributed by atoms with van der Waals surface area (Å²) in [5.41, 5.74) is 0.878. The van der Waals surface area contributed by atoms with E-state index in [0.29, 0.717) is 31.0 Å². The molecule has 0 bridgehead atoms. The molecule has 0 saturated carbocycles. The van der Waals surface area contributed by atoms with Crippen molar-refractivity contribution >= 4 is 27.7 Å². The van der Waals surface area contributed by atoms with E-state index in [-0.39, 0.29) is 10.8 Å². The van der Waals surface area contributed by atoms with Crippen molar-refractivity contribution in [2.24, 2.45) is 5.92 Å². The normalized spacial score (nSPS) is 20.2. The van der Waals surface area contributed by atoms with Crippen LogP contribution in [-0.2, 0) is 10.0 Å². The second-order valence-electron chi connectivity index (χ2n) is 9.74. The molecular weight excluding hydrogens is 480 g/mol. The van der Waals surface area contributed by atoms with Crippen molar-refractivity contribution in [3.63, 3.8) is 0 Å². The van der Waals surface area contributed by atoms with Crippen molar-refractivity contribution in [1.82, 2.24) is 9.62 Å². The second kappa shape index (κ2) is 10.5. The number of para-hydroxylation sites is 1. The van der Waals surface area contributed by atoms with Crippen LogP contribution in [0.5, 0.6) is 5.75 Å². The summed E-state index contributed by atoms with van der Waals surface area (Å²) in [4.78, 5) is 16.1. The summed E-state index contributed by atoms with van der Waals surface area (Å²) in [6, 6.07) is 12.1. The Hall–Kier alpha value is -2.03. The molecule has 1 atom stereocenters. The van der Waals surface area contributed by atoms with Crippen LogP contribution >= 0.6 is 11.8 Å². The second-order valence-corrected chi connectivity index (χ2v) is 12.3. The molecule has 0 aromatic heterocycles. The maximum absolute atomic E-state index is 13.6. The Balaban J connectivity index is 1.65. The predicted molar refractivity (Wildman–Crippen MR) is 141 cm³/mol. The van der Waals surface area contributed by atoms with Gasteiger partial charge in [0.15, 0.2) is 0 Å². The van der Waals surface area contributed by atoms with Crippen molar-refractivity contribution in [2.75, 3.05) is 19.3 Å². The van der Waals surface area contributed by atoms with Crippen LogP contribution in [0.15, 0.2) is 52.3 Å². The minimum atomic E-state index is -3.88. The predicted octanol–water partition coefficient (Wildman–Crippen LogP) is 5.64. The molecule has 1 fully saturated rings. The molecule has 190 valence electrons. The number of fused-ring (bicyclic) bond motifs is 1. The van der Waals surface area contributed by atoms with E-state index in [0.717, 1.165) is 41.9 Å². The minimum absolute atomic E-state index is 0.0919. The lowest BCUT2D eigenvalue weighted by Crippen LogP contribution is -2.44. The molecule has 1 saturated heterocycles. The molecular formula is C27H36N2O4S2. The smallest absolute Gasteiger partial charge is 0.255 e. The Morgan fingerprint density at radius 1 is 1.14 bits per heavy atom. The number of ether oxygens (including phenoxy) is 1. The lowest BCUT2D eigenvalue weighted by Gasteiger charge is -2.41. The highest BCUT2D eigenvalue weighted by Gasteiger charge is 2.40. The maximum Gasteiger partial charge on any atom is 0.255 e. The van der Waals surface area contributed by atoms with Crippen molar-refractivity contribution in [3.8, 4) is 5.75 Å². The lowest BCUT2D eigenvalue weighted by atomic mass is 9.84. The van der Waals surface area contributed by atoms with Gasteiger partial charge in [-0.3, -0.25) is 4.79 Å². The standard InChI is InChI=1S/C27H36N2O4S2/c1-5-27(6-2)18-23(21-9-7-8-10-24(21)33-27)28-35(31,32)20-11-12-25(34-4)22(17-20)26(30)29-15-13-19(3)14-16-29/h7-12,17,19,23,28H,5-6,13-16,18H2,1-4H3/t23-/m1/s1. The Bertz CT molecular complexity index is 1170. The van der Waals surface area contributed by atoms with Crippen LogP contribution in [0, 0.1) is 5.92 Å². The van der Waals surface area contributed by atoms with Crippen LogP contribution in [0.25, 0.3) is 0 Å². The SMILES string of the molecule is CCC1(CC)C[C@@H](NS(=O)(=O)c2ccc(SC)c(C(=O)N3CCC(C)CC3)c2)c2ccccc2O1. The summed E-state index contributed by atoms with van der Waals surface area (Å²) in [6.07, 6.45) is 5.97. The van der Waals surface area contributed by atoms with Gasteiger partial charge in [0.25, 0.3) is 5.91 Å². The number of amides is 1. The van der Waals surface area contributed by atoms with Gasteiger partial charge in [-0.05, 0) is 62.1 Å². The molecule has 2 aliphatic rings. The summed E-state index contributed by atoms with van der Waals surface area (Å²) in [7, 11) is -3.88. The number of hydrogen-bond acceptors (Lipinski definition) is 5. The van der Waals surface area contributed by atoms with Crippen LogP contribution in [0.1, 0.15) is 74.8 Å². The molecule has 1 N–H and O–H groups in total. The Kier molecular flexibility index (Phi) is 7.83. The summed E-state index contributed by atoms with van der Waals surface area (Å²) >= 11 is 1.46. The van der Waals surface area contributed by atoms with Gasteiger partial charge in [0.2, 0.25) is 10.0 Å². The van der Waals surface area contributed by atoms with Crippen LogP contribution in [0.4, 0.5) is 0 Å². The first-order chi connectivity index (χ1) is 16.7. The van der Waals surface area contributed by atoms with Gasteiger partial charge in [-0.25, -0.2) is 13.1 Å². The number of rotatable bonds is 7. The van der Waals surface area contributed by atoms with E-state index >= 15 is 0 Å². The maximum atomic E-state index is 13.6. The molecule has 0 unspecified atom stereocenters. The van der Waals surface area contributed by atoms with Gasteiger partial charge in [-0.1, -0.05) is 39.0 Å². The quantitative estimate of drug-likeness (QED) is 0.482. The summed E-state index contributed by atoms with van der Waals surface area (Å²) in [5.74, 6) is 1.24. The number of likely N-dealkylation sites (tertiary alicyclic amines) is 1. The number of carbonyl (C=O) groups excluding carboxylic acids is 1. The van der Waals surface area contributed by atoms with Gasteiger partial charge in [-0.15, -0.1) is 11.8 Å². The third-order valence-corrected chi connectivity index (χ3v) is 9.83. The van der Waals surface area contributed by atoms with E-state index in [2.05, 4.69) is 25.5 Å². The van der Waals surface area contributed by atoms with Gasteiger partial charge in [-0.2, -0.15) is 0 Å². The first kappa shape index (κ1) is 26.0. The minimum Gasteiger partial charge on any atom is -0.487 e. The average molecular weight is 517 g/mol. The largest absolute Gasteiger partial charge is 0.487 e. The van der Waals surface area contributed by atoms with Crippen molar-refractivity contribution in [2.45, 2.75) is 74.3 Å². The highest BCUT2D eigenvalue weighted by atomic mass is 32.2. The monoisotopic (exact) mass is 516 g/mol. The van der Waals surface area contributed by atoms with E-state index in [4.69, 9.17) is 4.74 Å². The highest BCUT2D eigenvalue weighted by Crippen LogP contribution is 2.43. The molecule has 2 aromatic rings. The van der Waals surface area contributed by atoms with E-state index in [1.165, 1.54) is 11.8 Å². The average Bonchev–Trinajstić information content (AvgIpc) is 2.88. The number of sulfonamides is 1. The van der Waals surface area contributed by atoms with Gasteiger partial charge in [0, 0.05) is 30.0 Å². The third kappa shape index (κ3) is 5.39. The molecule has 6 nitrogen and oxygen atoms in total. The van der Waals surface area contributed by atoms with Crippen LogP contribution in [0.3, 0.4) is 0 Å². The topological polar surface area (TPSA) is 75.7 Å². The van der Waals surface area contributed by atoms with Gasteiger partial charge in [0.05, 0.1) is 16.5 Å². The first-order valence-electron chi connectivity index (χ1n) is 12.5. The summed E-state index contributed by atoms with van der Waals surface area (Å²) in [5, 5.41) is 0. The molecule has 2 heterocycles. The molecule has 0 spiro atoms. The van der Waals surface area contributed by atoms with E-state index in [9.17, 15) is 13.2 Å². The third-order valence-electron chi connectivity index (χ3n) is 7.57. The molecule has 2 aliphatic heterocycles. The highest BCUT2D eigenvalue weighted by molar-refractivity contribution is 7.98. The van der Waals surface area contributed by atoms with Crippen molar-refractivity contribution in [3.05, 3.63) is 53.6 Å². The van der Waals surface area contributed by atoms with E-state index in [1.807, 2.05) is 35.4 Å². The Morgan fingerprint density at radius 2 is 1.83 bits per heavy atom. The van der Waals surface area contributed by atoms with Crippen molar-refractivity contribution < 1.29 is 17.9 Å². The number of carbonyl (C=O) groups is 1. The zero-order valence-electron chi connectivity index (χ0n) is 21.0. The Morgan fingerprint density at radius 3 is 2.49 bits per heavy atom. The van der Waals surface area contributed by atoms with E-state index in [1.54, 1.807) is 18.2 Å². The number of hydrogen-bond donors (Lipinski definition) is 1. The zero-order chi connectivity index (χ0) is 25.2. The van der Waals surface area contributed by atoms with Crippen LogP contribution in [-0.4, -0.2) is 44.2 Å². The van der Waals surface area contributed by atoms with Crippen molar-refractivity contribution in [1.29, 1.82) is 0 Å². The lowest BCUT2D eigenvalue weighted by molar-refractivity contribution is 0.0260. The molecule has 0 radical (unpaired) electrons. The van der Waals surface area contributed by atoms with E-state index < -0.39 is 21.7 Å². The number of nitrogens with zero attached hydrogens (tertiary/aromatic N) is 1.